The van der Waals surface area contributed by atoms with Crippen molar-refractivity contribution >= 4 is 34.6 Å². The average Bonchev–Trinajstić information content (AvgIpc) is 3.24. The molecule has 0 saturated carbocycles. The molecule has 210 valence electrons. The second-order valence-corrected chi connectivity index (χ2v) is 9.88. The van der Waals surface area contributed by atoms with Crippen LogP contribution in [0.4, 0.5) is 18.9 Å². The van der Waals surface area contributed by atoms with Gasteiger partial charge in [0.1, 0.15) is 6.61 Å². The number of carbonyl (C=O) groups excluding carboxylic acids is 1. The number of benzene rings is 3. The molecule has 0 radical (unpaired) electrons. The fourth-order valence-electron chi connectivity index (χ4n) is 3.93. The van der Waals surface area contributed by atoms with E-state index >= 15 is 0 Å². The number of carbonyl (C=O) groups is 1. The van der Waals surface area contributed by atoms with Crippen LogP contribution in [0, 0.1) is 0 Å². The molecule has 1 fully saturated rings. The summed E-state index contributed by atoms with van der Waals surface area (Å²) in [5.41, 5.74) is 2.29. The van der Waals surface area contributed by atoms with Crippen LogP contribution < -0.4 is 9.47 Å². The number of aliphatic imine (C=N–C) groups is 1. The Morgan fingerprint density at radius 2 is 1.75 bits per heavy atom. The van der Waals surface area contributed by atoms with E-state index in [1.165, 1.54) is 30.5 Å². The topological polar surface area (TPSA) is 60.4 Å². The summed E-state index contributed by atoms with van der Waals surface area (Å²) in [6.45, 7) is 2.73. The van der Waals surface area contributed by atoms with Gasteiger partial charge in [-0.2, -0.15) is 13.2 Å². The van der Waals surface area contributed by atoms with Crippen LogP contribution >= 0.6 is 11.8 Å². The Kier molecular flexibility index (Phi) is 9.54. The fraction of sp³-hybridized carbons (Fsp3) is 0.267. The van der Waals surface area contributed by atoms with Crippen molar-refractivity contribution in [2.45, 2.75) is 26.1 Å². The Labute approximate surface area is 235 Å². The van der Waals surface area contributed by atoms with Crippen molar-refractivity contribution in [1.82, 2.24) is 4.90 Å². The number of thioether (sulfide) groups is 1. The molecule has 1 saturated heterocycles. The largest absolute Gasteiger partial charge is 0.493 e. The van der Waals surface area contributed by atoms with Gasteiger partial charge >= 0.3 is 6.18 Å². The number of hydrogen-bond acceptors (Lipinski definition) is 6. The monoisotopic (exact) mass is 570 g/mol. The van der Waals surface area contributed by atoms with Gasteiger partial charge in [-0.1, -0.05) is 37.3 Å². The van der Waals surface area contributed by atoms with E-state index in [0.29, 0.717) is 45.9 Å². The van der Waals surface area contributed by atoms with Crippen molar-refractivity contribution < 1.29 is 32.2 Å². The number of halogens is 3. The molecule has 0 aliphatic carbocycles. The summed E-state index contributed by atoms with van der Waals surface area (Å²) in [7, 11) is 3.05. The van der Waals surface area contributed by atoms with Gasteiger partial charge in [0.2, 0.25) is 0 Å². The Morgan fingerprint density at radius 3 is 2.42 bits per heavy atom. The Bertz CT molecular complexity index is 1400. The molecule has 6 nitrogen and oxygen atoms in total. The number of methoxy groups -OCH3 is 2. The van der Waals surface area contributed by atoms with Crippen LogP contribution in [0.15, 0.2) is 76.6 Å². The lowest BCUT2D eigenvalue weighted by Gasteiger charge is -2.14. The summed E-state index contributed by atoms with van der Waals surface area (Å²) in [5.74, 6) is 0.569. The summed E-state index contributed by atoms with van der Waals surface area (Å²) in [6.07, 6.45) is -1.76. The predicted molar refractivity (Wildman–Crippen MR) is 151 cm³/mol. The number of amidine groups is 1. The van der Waals surface area contributed by atoms with Gasteiger partial charge in [0.05, 0.1) is 36.4 Å². The van der Waals surface area contributed by atoms with Gasteiger partial charge in [0.15, 0.2) is 16.7 Å². The third kappa shape index (κ3) is 7.25. The quantitative estimate of drug-likeness (QED) is 0.243. The molecule has 0 N–H and O–H groups in total. The fourth-order valence-corrected chi connectivity index (χ4v) is 4.96. The lowest BCUT2D eigenvalue weighted by Crippen LogP contribution is -2.32. The maximum Gasteiger partial charge on any atom is 0.416 e. The van der Waals surface area contributed by atoms with Crippen molar-refractivity contribution in [2.24, 2.45) is 4.99 Å². The SMILES string of the molecule is CCc1ccc(N=C2SC(=Cc3ccc(OCc4cccc(C(F)(F)F)c4)c(OC)c3)C(=O)N2CCOC)cc1. The first-order valence-corrected chi connectivity index (χ1v) is 13.4. The second-order valence-electron chi connectivity index (χ2n) is 8.87. The van der Waals surface area contributed by atoms with Crippen molar-refractivity contribution in [2.75, 3.05) is 27.4 Å². The van der Waals surface area contributed by atoms with Crippen molar-refractivity contribution in [3.8, 4) is 11.5 Å². The molecule has 3 aromatic carbocycles. The van der Waals surface area contributed by atoms with E-state index < -0.39 is 11.7 Å². The summed E-state index contributed by atoms with van der Waals surface area (Å²) < 4.78 is 55.5. The van der Waals surface area contributed by atoms with Crippen LogP contribution in [-0.4, -0.2) is 43.3 Å². The first-order chi connectivity index (χ1) is 19.2. The van der Waals surface area contributed by atoms with E-state index in [1.807, 2.05) is 24.3 Å². The normalized spacial score (nSPS) is 15.8. The van der Waals surface area contributed by atoms with Crippen LogP contribution in [0.1, 0.15) is 29.2 Å². The first-order valence-electron chi connectivity index (χ1n) is 12.6. The average molecular weight is 571 g/mol. The molecule has 1 aliphatic heterocycles. The molecule has 3 aromatic rings. The zero-order valence-electron chi connectivity index (χ0n) is 22.3. The molecule has 0 unspecified atom stereocenters. The Balaban J connectivity index is 1.54. The van der Waals surface area contributed by atoms with E-state index in [2.05, 4.69) is 6.92 Å². The number of amides is 1. The molecular weight excluding hydrogens is 541 g/mol. The molecule has 40 heavy (non-hydrogen) atoms. The third-order valence-electron chi connectivity index (χ3n) is 6.11. The summed E-state index contributed by atoms with van der Waals surface area (Å²) in [5, 5.41) is 0.561. The van der Waals surface area contributed by atoms with E-state index in [9.17, 15) is 18.0 Å². The van der Waals surface area contributed by atoms with Gasteiger partial charge in [-0.05, 0) is 77.3 Å². The van der Waals surface area contributed by atoms with Gasteiger partial charge in [0.25, 0.3) is 5.91 Å². The molecule has 0 atom stereocenters. The van der Waals surface area contributed by atoms with E-state index in [1.54, 1.807) is 42.4 Å². The number of rotatable bonds is 10. The Hall–Kier alpha value is -3.76. The van der Waals surface area contributed by atoms with Gasteiger partial charge in [-0.3, -0.25) is 9.69 Å². The second kappa shape index (κ2) is 13.1. The van der Waals surface area contributed by atoms with Crippen LogP contribution in [0.3, 0.4) is 0 Å². The zero-order valence-corrected chi connectivity index (χ0v) is 23.1. The highest BCUT2D eigenvalue weighted by Gasteiger charge is 2.33. The molecule has 1 amide bonds. The van der Waals surface area contributed by atoms with Crippen molar-refractivity contribution in [3.05, 3.63) is 93.9 Å². The van der Waals surface area contributed by atoms with E-state index in [0.717, 1.165) is 24.2 Å². The predicted octanol–water partition coefficient (Wildman–Crippen LogP) is 7.11. The minimum absolute atomic E-state index is 0.0669. The molecule has 4 rings (SSSR count). The van der Waals surface area contributed by atoms with Gasteiger partial charge in [0, 0.05) is 7.11 Å². The molecule has 0 aromatic heterocycles. The highest BCUT2D eigenvalue weighted by molar-refractivity contribution is 8.18. The standard InChI is InChI=1S/C30H29F3N2O4S/c1-4-20-8-11-24(12-9-20)34-29-35(14-15-37-2)28(36)27(40-29)18-21-10-13-25(26(17-21)38-3)39-19-22-6-5-7-23(16-22)30(31,32)33/h5-13,16-18H,4,14-15,19H2,1-3H3. The number of nitrogens with zero attached hydrogens (tertiary/aromatic N) is 2. The summed E-state index contributed by atoms with van der Waals surface area (Å²) >= 11 is 1.27. The lowest BCUT2D eigenvalue weighted by molar-refractivity contribution is -0.137. The Morgan fingerprint density at radius 1 is 0.975 bits per heavy atom. The van der Waals surface area contributed by atoms with Gasteiger partial charge in [-0.15, -0.1) is 0 Å². The summed E-state index contributed by atoms with van der Waals surface area (Å²) in [4.78, 5) is 20.0. The van der Waals surface area contributed by atoms with Crippen LogP contribution in [-0.2, 0) is 28.7 Å². The smallest absolute Gasteiger partial charge is 0.416 e. The van der Waals surface area contributed by atoms with Crippen molar-refractivity contribution in [1.29, 1.82) is 0 Å². The maximum atomic E-state index is 13.3. The van der Waals surface area contributed by atoms with Gasteiger partial charge < -0.3 is 14.2 Å². The first kappa shape index (κ1) is 29.2. The zero-order chi connectivity index (χ0) is 28.7. The lowest BCUT2D eigenvalue weighted by atomic mass is 10.1. The number of hydrogen-bond donors (Lipinski definition) is 0. The van der Waals surface area contributed by atoms with Crippen LogP contribution in [0.2, 0.25) is 0 Å². The van der Waals surface area contributed by atoms with E-state index in [-0.39, 0.29) is 12.5 Å². The highest BCUT2D eigenvalue weighted by atomic mass is 32.2. The maximum absolute atomic E-state index is 13.3. The molecule has 10 heteroatoms. The molecule has 1 aliphatic rings. The number of aryl methyl sites for hydroxylation is 1. The minimum atomic E-state index is -4.43. The third-order valence-corrected chi connectivity index (χ3v) is 7.12. The van der Waals surface area contributed by atoms with Crippen molar-refractivity contribution in [3.63, 3.8) is 0 Å². The van der Waals surface area contributed by atoms with Gasteiger partial charge in [-0.25, -0.2) is 4.99 Å². The highest BCUT2D eigenvalue weighted by Crippen LogP contribution is 2.36. The van der Waals surface area contributed by atoms with E-state index in [4.69, 9.17) is 19.2 Å². The number of alkyl halides is 3. The molecular formula is C30H29F3N2O4S. The molecule has 0 bridgehead atoms. The molecule has 0 spiro atoms. The van der Waals surface area contributed by atoms with Crippen LogP contribution in [0.5, 0.6) is 11.5 Å². The summed E-state index contributed by atoms with van der Waals surface area (Å²) in [6, 6.07) is 18.0. The number of ether oxygens (including phenoxy) is 3. The molecule has 1 heterocycles. The van der Waals surface area contributed by atoms with Crippen LogP contribution in [0.25, 0.3) is 6.08 Å². The minimum Gasteiger partial charge on any atom is -0.493 e.